The molecule has 1 heterocycles. The predicted octanol–water partition coefficient (Wildman–Crippen LogP) is 5.88. The van der Waals surface area contributed by atoms with Crippen molar-refractivity contribution in [1.29, 1.82) is 0 Å². The van der Waals surface area contributed by atoms with Gasteiger partial charge in [0.25, 0.3) is 10.0 Å². The SMILES string of the molecule is CC(C)c1c(CN(C)C(=O)OC(C)(C)C)cn(S(=O)(=O)c2ccccc2)c1-c1ccccc1. The van der Waals surface area contributed by atoms with Crippen molar-refractivity contribution >= 4 is 16.1 Å². The van der Waals surface area contributed by atoms with Crippen LogP contribution in [-0.4, -0.2) is 36.0 Å². The minimum Gasteiger partial charge on any atom is -0.444 e. The summed E-state index contributed by atoms with van der Waals surface area (Å²) in [5.41, 5.74) is 2.44. The fraction of sp³-hybridized carbons (Fsp3) is 0.346. The molecule has 0 aliphatic rings. The second-order valence-electron chi connectivity index (χ2n) is 9.39. The van der Waals surface area contributed by atoms with Gasteiger partial charge in [-0.15, -0.1) is 0 Å². The highest BCUT2D eigenvalue weighted by Crippen LogP contribution is 2.37. The van der Waals surface area contributed by atoms with Gasteiger partial charge in [0, 0.05) is 13.2 Å². The van der Waals surface area contributed by atoms with E-state index in [1.807, 2.05) is 65.0 Å². The van der Waals surface area contributed by atoms with Gasteiger partial charge in [0.2, 0.25) is 0 Å². The summed E-state index contributed by atoms with van der Waals surface area (Å²) < 4.78 is 34.2. The Morgan fingerprint density at radius 3 is 2.06 bits per heavy atom. The molecule has 0 radical (unpaired) electrons. The maximum atomic E-state index is 13.7. The zero-order valence-electron chi connectivity index (χ0n) is 20.1. The number of rotatable bonds is 6. The van der Waals surface area contributed by atoms with Gasteiger partial charge in [-0.1, -0.05) is 62.4 Å². The first kappa shape index (κ1) is 24.6. The smallest absolute Gasteiger partial charge is 0.410 e. The Labute approximate surface area is 196 Å². The molecule has 2 aromatic carbocycles. The van der Waals surface area contributed by atoms with Crippen molar-refractivity contribution in [2.45, 2.75) is 57.6 Å². The molecule has 1 amide bonds. The van der Waals surface area contributed by atoms with E-state index in [4.69, 9.17) is 4.74 Å². The predicted molar refractivity (Wildman–Crippen MR) is 131 cm³/mol. The van der Waals surface area contributed by atoms with Crippen molar-refractivity contribution in [3.63, 3.8) is 0 Å². The van der Waals surface area contributed by atoms with Gasteiger partial charge in [0.05, 0.1) is 17.1 Å². The third-order valence-electron chi connectivity index (χ3n) is 5.13. The van der Waals surface area contributed by atoms with Crippen LogP contribution in [0.3, 0.4) is 0 Å². The lowest BCUT2D eigenvalue weighted by atomic mass is 9.95. The second kappa shape index (κ2) is 9.43. The number of hydrogen-bond donors (Lipinski definition) is 0. The summed E-state index contributed by atoms with van der Waals surface area (Å²) in [6.07, 6.45) is 1.18. The van der Waals surface area contributed by atoms with Crippen LogP contribution in [0.5, 0.6) is 0 Å². The van der Waals surface area contributed by atoms with E-state index in [1.54, 1.807) is 43.6 Å². The molecule has 33 heavy (non-hydrogen) atoms. The molecule has 0 spiro atoms. The monoisotopic (exact) mass is 468 g/mol. The lowest BCUT2D eigenvalue weighted by molar-refractivity contribution is 0.0284. The number of benzene rings is 2. The van der Waals surface area contributed by atoms with Crippen LogP contribution in [0.25, 0.3) is 11.3 Å². The molecule has 0 bridgehead atoms. The first-order valence-corrected chi connectivity index (χ1v) is 12.4. The Kier molecular flexibility index (Phi) is 7.03. The van der Waals surface area contributed by atoms with E-state index in [0.717, 1.165) is 16.7 Å². The first-order valence-electron chi connectivity index (χ1n) is 11.0. The van der Waals surface area contributed by atoms with Crippen molar-refractivity contribution < 1.29 is 17.9 Å². The maximum Gasteiger partial charge on any atom is 0.410 e. The van der Waals surface area contributed by atoms with Crippen LogP contribution < -0.4 is 0 Å². The molecule has 0 atom stereocenters. The summed E-state index contributed by atoms with van der Waals surface area (Å²) in [6, 6.07) is 17.9. The highest BCUT2D eigenvalue weighted by atomic mass is 32.2. The molecule has 0 N–H and O–H groups in total. The summed E-state index contributed by atoms with van der Waals surface area (Å²) >= 11 is 0. The van der Waals surface area contributed by atoms with Gasteiger partial charge in [-0.05, 0) is 55.5 Å². The standard InChI is InChI=1S/C26H32N2O4S/c1-19(2)23-21(17-27(6)25(29)32-26(3,4)5)18-28(24(23)20-13-9-7-10-14-20)33(30,31)22-15-11-8-12-16-22/h7-16,18-19H,17H2,1-6H3. The second-order valence-corrected chi connectivity index (χ2v) is 11.2. The molecule has 0 aliphatic heterocycles. The average molecular weight is 469 g/mol. The van der Waals surface area contributed by atoms with Crippen molar-refractivity contribution in [2.24, 2.45) is 0 Å². The van der Waals surface area contributed by atoms with Gasteiger partial charge in [0.15, 0.2) is 0 Å². The van der Waals surface area contributed by atoms with E-state index < -0.39 is 21.7 Å². The molecule has 1 aromatic heterocycles. The Balaban J connectivity index is 2.19. The van der Waals surface area contributed by atoms with Crippen LogP contribution in [0.15, 0.2) is 71.8 Å². The third kappa shape index (κ3) is 5.47. The maximum absolute atomic E-state index is 13.7. The van der Waals surface area contributed by atoms with Gasteiger partial charge in [-0.25, -0.2) is 17.2 Å². The summed E-state index contributed by atoms with van der Waals surface area (Å²) in [5.74, 6) is 0.0227. The van der Waals surface area contributed by atoms with Gasteiger partial charge in [0.1, 0.15) is 5.60 Å². The van der Waals surface area contributed by atoms with E-state index in [0.29, 0.717) is 5.69 Å². The molecule has 0 saturated carbocycles. The van der Waals surface area contributed by atoms with Crippen molar-refractivity contribution in [1.82, 2.24) is 8.87 Å². The Morgan fingerprint density at radius 1 is 1.00 bits per heavy atom. The molecule has 0 unspecified atom stereocenters. The van der Waals surface area contributed by atoms with Gasteiger partial charge in [-0.3, -0.25) is 0 Å². The lowest BCUT2D eigenvalue weighted by Gasteiger charge is -2.25. The van der Waals surface area contributed by atoms with Crippen LogP contribution in [0.1, 0.15) is 51.7 Å². The number of nitrogens with zero attached hydrogens (tertiary/aromatic N) is 2. The third-order valence-corrected chi connectivity index (χ3v) is 6.81. The normalized spacial score (nSPS) is 12.1. The number of carbonyl (C=O) groups excluding carboxylic acids is 1. The van der Waals surface area contributed by atoms with Crippen LogP contribution in [0.4, 0.5) is 4.79 Å². The molecule has 176 valence electrons. The fourth-order valence-corrected chi connectivity index (χ4v) is 5.19. The molecular weight excluding hydrogens is 436 g/mol. The number of amides is 1. The van der Waals surface area contributed by atoms with Gasteiger partial charge in [-0.2, -0.15) is 0 Å². The Bertz CT molecular complexity index is 1210. The van der Waals surface area contributed by atoms with E-state index in [2.05, 4.69) is 0 Å². The van der Waals surface area contributed by atoms with E-state index in [-0.39, 0.29) is 17.4 Å². The fourth-order valence-electron chi connectivity index (χ4n) is 3.75. The summed E-state index contributed by atoms with van der Waals surface area (Å²) in [6.45, 7) is 9.72. The number of ether oxygens (including phenoxy) is 1. The van der Waals surface area contributed by atoms with Crippen LogP contribution in [-0.2, 0) is 21.3 Å². The zero-order valence-corrected chi connectivity index (χ0v) is 20.9. The summed E-state index contributed by atoms with van der Waals surface area (Å²) in [4.78, 5) is 14.3. The molecule has 0 aliphatic carbocycles. The molecule has 0 saturated heterocycles. The molecule has 3 aromatic rings. The number of hydrogen-bond acceptors (Lipinski definition) is 4. The van der Waals surface area contributed by atoms with E-state index in [1.165, 1.54) is 8.87 Å². The highest BCUT2D eigenvalue weighted by Gasteiger charge is 2.29. The molecule has 0 fully saturated rings. The molecular formula is C26H32N2O4S. The first-order chi connectivity index (χ1) is 15.4. The van der Waals surface area contributed by atoms with Crippen LogP contribution in [0, 0.1) is 0 Å². The van der Waals surface area contributed by atoms with Gasteiger partial charge < -0.3 is 9.64 Å². The Hall–Kier alpha value is -3.06. The minimum atomic E-state index is -3.86. The highest BCUT2D eigenvalue weighted by molar-refractivity contribution is 7.90. The van der Waals surface area contributed by atoms with Crippen molar-refractivity contribution in [3.05, 3.63) is 78.0 Å². The van der Waals surface area contributed by atoms with Crippen molar-refractivity contribution in [2.75, 3.05) is 7.05 Å². The quantitative estimate of drug-likeness (QED) is 0.453. The van der Waals surface area contributed by atoms with Gasteiger partial charge >= 0.3 is 6.09 Å². The largest absolute Gasteiger partial charge is 0.444 e. The minimum absolute atomic E-state index is 0.0227. The molecule has 3 rings (SSSR count). The summed E-state index contributed by atoms with van der Waals surface area (Å²) in [7, 11) is -2.20. The Morgan fingerprint density at radius 2 is 1.55 bits per heavy atom. The topological polar surface area (TPSA) is 68.6 Å². The van der Waals surface area contributed by atoms with Crippen LogP contribution in [0.2, 0.25) is 0 Å². The van der Waals surface area contributed by atoms with Crippen molar-refractivity contribution in [3.8, 4) is 11.3 Å². The number of aromatic nitrogens is 1. The van der Waals surface area contributed by atoms with E-state index in [9.17, 15) is 13.2 Å². The van der Waals surface area contributed by atoms with E-state index >= 15 is 0 Å². The molecule has 6 nitrogen and oxygen atoms in total. The summed E-state index contributed by atoms with van der Waals surface area (Å²) in [5, 5.41) is 0. The average Bonchev–Trinajstić information content (AvgIpc) is 3.14. The lowest BCUT2D eigenvalue weighted by Crippen LogP contribution is -2.34. The van der Waals surface area contributed by atoms with Crippen LogP contribution >= 0.6 is 0 Å². The molecule has 7 heteroatoms. The number of carbonyl (C=O) groups is 1. The zero-order chi connectivity index (χ0) is 24.4.